The molecule has 1 rings (SSSR count). The molecule has 0 aliphatic carbocycles. The van der Waals surface area contributed by atoms with Gasteiger partial charge in [0.15, 0.2) is 0 Å². The first-order valence-corrected chi connectivity index (χ1v) is 7.86. The third-order valence-corrected chi connectivity index (χ3v) is 3.44. The van der Waals surface area contributed by atoms with Crippen molar-refractivity contribution in [1.82, 2.24) is 4.98 Å². The molecule has 0 aliphatic heterocycles. The van der Waals surface area contributed by atoms with Crippen LogP contribution in [0.2, 0.25) is 0 Å². The number of hydrogen-bond donors (Lipinski definition) is 2. The highest BCUT2D eigenvalue weighted by molar-refractivity contribution is 7.90. The predicted molar refractivity (Wildman–Crippen MR) is 71.6 cm³/mol. The zero-order chi connectivity index (χ0) is 15.4. The van der Waals surface area contributed by atoms with Gasteiger partial charge in [0.1, 0.15) is 21.5 Å². The van der Waals surface area contributed by atoms with Crippen LogP contribution in [0.25, 0.3) is 0 Å². The lowest BCUT2D eigenvalue weighted by Gasteiger charge is -2.12. The summed E-state index contributed by atoms with van der Waals surface area (Å²) in [5.41, 5.74) is -0.817. The number of halogens is 3. The monoisotopic (exact) mass is 311 g/mol. The Morgan fingerprint density at radius 2 is 1.85 bits per heavy atom. The van der Waals surface area contributed by atoms with Crippen LogP contribution in [0.5, 0.6) is 0 Å². The lowest BCUT2D eigenvalue weighted by atomic mass is 10.2. The number of anilines is 2. The Bertz CT molecular complexity index is 559. The molecule has 1 heterocycles. The minimum Gasteiger partial charge on any atom is -0.373 e. The molecule has 0 unspecified atom stereocenters. The second-order valence-electron chi connectivity index (χ2n) is 4.28. The highest BCUT2D eigenvalue weighted by Crippen LogP contribution is 2.31. The number of sulfone groups is 1. The highest BCUT2D eigenvalue weighted by Gasteiger charge is 2.31. The van der Waals surface area contributed by atoms with Gasteiger partial charge in [0.2, 0.25) is 0 Å². The van der Waals surface area contributed by atoms with E-state index in [0.717, 1.165) is 18.4 Å². The van der Waals surface area contributed by atoms with Crippen LogP contribution >= 0.6 is 0 Å². The molecule has 0 spiro atoms. The minimum absolute atomic E-state index is 0.0299. The number of nitrogens with zero attached hydrogens (tertiary/aromatic N) is 1. The first kappa shape index (κ1) is 16.5. The van der Waals surface area contributed by atoms with Gasteiger partial charge in [-0.15, -0.1) is 0 Å². The molecule has 5 nitrogen and oxygen atoms in total. The maximum Gasteiger partial charge on any atom is 0.416 e. The summed E-state index contributed by atoms with van der Waals surface area (Å²) >= 11 is 0. The van der Waals surface area contributed by atoms with E-state index in [0.29, 0.717) is 6.42 Å². The van der Waals surface area contributed by atoms with Crippen LogP contribution in [-0.4, -0.2) is 39.0 Å². The highest BCUT2D eigenvalue weighted by atomic mass is 32.2. The zero-order valence-corrected chi connectivity index (χ0v) is 11.9. The van der Waals surface area contributed by atoms with E-state index in [2.05, 4.69) is 15.6 Å². The summed E-state index contributed by atoms with van der Waals surface area (Å²) in [7, 11) is -1.61. The second kappa shape index (κ2) is 6.29. The Morgan fingerprint density at radius 1 is 1.25 bits per heavy atom. The molecule has 0 fully saturated rings. The molecule has 0 saturated heterocycles. The van der Waals surface area contributed by atoms with Gasteiger partial charge in [0.25, 0.3) is 0 Å². The maximum absolute atomic E-state index is 12.7. The van der Waals surface area contributed by atoms with E-state index in [9.17, 15) is 21.6 Å². The van der Waals surface area contributed by atoms with Gasteiger partial charge in [-0.05, 0) is 18.6 Å². The van der Waals surface area contributed by atoms with Crippen molar-refractivity contribution in [2.75, 3.05) is 36.2 Å². The van der Waals surface area contributed by atoms with Gasteiger partial charge in [-0.3, -0.25) is 0 Å². The number of nitrogens with one attached hydrogen (secondary N) is 2. The summed E-state index contributed by atoms with van der Waals surface area (Å²) < 4.78 is 59.9. The molecule has 9 heteroatoms. The average molecular weight is 311 g/mol. The normalized spacial score (nSPS) is 12.2. The van der Waals surface area contributed by atoms with Crippen molar-refractivity contribution in [3.05, 3.63) is 17.7 Å². The van der Waals surface area contributed by atoms with E-state index >= 15 is 0 Å². The number of hydrogen-bond acceptors (Lipinski definition) is 5. The van der Waals surface area contributed by atoms with Crippen molar-refractivity contribution in [1.29, 1.82) is 0 Å². The second-order valence-corrected chi connectivity index (χ2v) is 6.54. The van der Waals surface area contributed by atoms with Crippen molar-refractivity contribution in [3.63, 3.8) is 0 Å². The number of alkyl halides is 3. The average Bonchev–Trinajstić information content (AvgIpc) is 2.32. The van der Waals surface area contributed by atoms with Crippen LogP contribution in [0.15, 0.2) is 12.1 Å². The van der Waals surface area contributed by atoms with E-state index in [1.165, 1.54) is 7.05 Å². The van der Waals surface area contributed by atoms with Crippen LogP contribution in [0, 0.1) is 0 Å². The fraction of sp³-hybridized carbons (Fsp3) is 0.545. The van der Waals surface area contributed by atoms with Crippen molar-refractivity contribution in [2.45, 2.75) is 12.6 Å². The molecule has 2 N–H and O–H groups in total. The maximum atomic E-state index is 12.7. The molecule has 0 aromatic carbocycles. The summed E-state index contributed by atoms with van der Waals surface area (Å²) in [6.07, 6.45) is -3.06. The molecule has 1 aromatic rings. The molecule has 114 valence electrons. The van der Waals surface area contributed by atoms with Crippen LogP contribution in [0.3, 0.4) is 0 Å². The van der Waals surface area contributed by atoms with Gasteiger partial charge < -0.3 is 10.6 Å². The van der Waals surface area contributed by atoms with Crippen molar-refractivity contribution in [3.8, 4) is 0 Å². The van der Waals surface area contributed by atoms with Crippen LogP contribution < -0.4 is 10.6 Å². The predicted octanol–water partition coefficient (Wildman–Crippen LogP) is 1.99. The van der Waals surface area contributed by atoms with E-state index in [4.69, 9.17) is 0 Å². The van der Waals surface area contributed by atoms with Crippen LogP contribution in [0.4, 0.5) is 24.8 Å². The van der Waals surface area contributed by atoms with E-state index in [-0.39, 0.29) is 23.9 Å². The topological polar surface area (TPSA) is 71.1 Å². The number of aromatic nitrogens is 1. The van der Waals surface area contributed by atoms with E-state index in [1.807, 2.05) is 0 Å². The Hall–Kier alpha value is -1.51. The molecule has 0 atom stereocenters. The van der Waals surface area contributed by atoms with Gasteiger partial charge in [0.05, 0.1) is 11.3 Å². The third-order valence-electron chi connectivity index (χ3n) is 2.41. The lowest BCUT2D eigenvalue weighted by molar-refractivity contribution is -0.137. The first-order chi connectivity index (χ1) is 9.12. The van der Waals surface area contributed by atoms with Crippen LogP contribution in [-0.2, 0) is 16.0 Å². The molecule has 1 aromatic heterocycles. The van der Waals surface area contributed by atoms with Crippen molar-refractivity contribution < 1.29 is 21.6 Å². The fourth-order valence-corrected chi connectivity index (χ4v) is 2.13. The van der Waals surface area contributed by atoms with Gasteiger partial charge in [-0.25, -0.2) is 13.4 Å². The molecule has 0 bridgehead atoms. The molecule has 0 amide bonds. The standard InChI is InChI=1S/C11H16F3N3O2S/c1-15-9-6-8(11(12,13)14)7-10(17-9)16-4-3-5-20(2,18)19/h6-7H,3-5H2,1-2H3,(H2,15,16,17). The van der Waals surface area contributed by atoms with Gasteiger partial charge in [-0.2, -0.15) is 13.2 Å². The molecule has 0 aliphatic rings. The van der Waals surface area contributed by atoms with Crippen molar-refractivity contribution >= 4 is 21.5 Å². The van der Waals surface area contributed by atoms with Gasteiger partial charge in [0, 0.05) is 19.8 Å². The Labute approximate surface area is 115 Å². The zero-order valence-electron chi connectivity index (χ0n) is 11.1. The van der Waals surface area contributed by atoms with Gasteiger partial charge >= 0.3 is 6.18 Å². The third kappa shape index (κ3) is 5.64. The fourth-order valence-electron chi connectivity index (χ4n) is 1.46. The summed E-state index contributed by atoms with van der Waals surface area (Å²) in [4.78, 5) is 3.93. The number of pyridine rings is 1. The smallest absolute Gasteiger partial charge is 0.373 e. The Balaban J connectivity index is 2.75. The summed E-state index contributed by atoms with van der Waals surface area (Å²) in [5.74, 6) is 0.112. The molecular formula is C11H16F3N3O2S. The Kier molecular flexibility index (Phi) is 5.21. The minimum atomic E-state index is -4.46. The molecule has 20 heavy (non-hydrogen) atoms. The lowest BCUT2D eigenvalue weighted by Crippen LogP contribution is -2.12. The van der Waals surface area contributed by atoms with E-state index < -0.39 is 21.6 Å². The quantitative estimate of drug-likeness (QED) is 0.786. The van der Waals surface area contributed by atoms with Crippen molar-refractivity contribution in [2.24, 2.45) is 0 Å². The molecule has 0 radical (unpaired) electrons. The summed E-state index contributed by atoms with van der Waals surface area (Å²) in [6, 6.07) is 1.79. The van der Waals surface area contributed by atoms with Crippen LogP contribution in [0.1, 0.15) is 12.0 Å². The summed E-state index contributed by atoms with van der Waals surface area (Å²) in [5, 5.41) is 5.24. The molecule has 0 saturated carbocycles. The molecular weight excluding hydrogens is 295 g/mol. The number of rotatable bonds is 6. The first-order valence-electron chi connectivity index (χ1n) is 5.80. The van der Waals surface area contributed by atoms with Gasteiger partial charge in [-0.1, -0.05) is 0 Å². The summed E-state index contributed by atoms with van der Waals surface area (Å²) in [6.45, 7) is 0.227. The Morgan fingerprint density at radius 3 is 2.35 bits per heavy atom. The van der Waals surface area contributed by atoms with E-state index in [1.54, 1.807) is 0 Å². The SMILES string of the molecule is CNc1cc(C(F)(F)F)cc(NCCCS(C)(=O)=O)n1. The largest absolute Gasteiger partial charge is 0.416 e.